The summed E-state index contributed by atoms with van der Waals surface area (Å²) in [4.78, 5) is 40.3. The molecule has 3 aliphatic heterocycles. The third-order valence-electron chi connectivity index (χ3n) is 10.1. The van der Waals surface area contributed by atoms with E-state index in [9.17, 15) is 18.5 Å². The summed E-state index contributed by atoms with van der Waals surface area (Å²) < 4.78 is 47.1. The predicted molar refractivity (Wildman–Crippen MR) is 193 cm³/mol. The first-order chi connectivity index (χ1) is 25.1. The monoisotopic (exact) mass is 731 g/mol. The molecule has 52 heavy (non-hydrogen) atoms. The lowest BCUT2D eigenvalue weighted by Crippen LogP contribution is -2.61. The third kappa shape index (κ3) is 6.62. The molecule has 0 bridgehead atoms. The zero-order valence-corrected chi connectivity index (χ0v) is 30.8. The number of carbonyl (C=O) groups excluding carboxylic acids is 2. The molecule has 1 atom stereocenters. The lowest BCUT2D eigenvalue weighted by Gasteiger charge is -2.43. The molecule has 3 amide bonds. The number of piperidine rings is 1. The van der Waals surface area contributed by atoms with E-state index in [0.717, 1.165) is 32.5 Å². The maximum atomic E-state index is 15.3. The normalized spacial score (nSPS) is 19.9. The molecule has 1 N–H and O–H groups in total. The van der Waals surface area contributed by atoms with Crippen LogP contribution in [0.5, 0.6) is 17.4 Å². The summed E-state index contributed by atoms with van der Waals surface area (Å²) in [7, 11) is -3.26. The molecule has 14 nitrogen and oxygen atoms in total. The fraction of sp³-hybridized carbons (Fsp3) is 0.459. The van der Waals surface area contributed by atoms with Crippen LogP contribution in [-0.4, -0.2) is 112 Å². The standard InChI is InChI=1S/C37H45N7O7S/c1-5-41-17-14-27(15-18-41)42-19-21-43(22-20-42)36(46)40-37(29-9-8-16-39-34(29)51-7-3)30-23-26(25-38)10-12-31(30)44(35(37)45)52(47,48)33-13-11-28(49-4)24-32(33)50-6-2/h8-13,16,23-24,27H,5-7,14-15,17-22H2,1-4H3,(H,40,46). The summed E-state index contributed by atoms with van der Waals surface area (Å²) in [5.41, 5.74) is -1.79. The number of fused-ring (bicyclic) bond motifs is 1. The number of nitriles is 1. The second kappa shape index (κ2) is 15.4. The Morgan fingerprint density at radius 1 is 0.981 bits per heavy atom. The van der Waals surface area contributed by atoms with Gasteiger partial charge in [0.15, 0.2) is 5.54 Å². The highest BCUT2D eigenvalue weighted by molar-refractivity contribution is 7.93. The summed E-state index contributed by atoms with van der Waals surface area (Å²) >= 11 is 0. The van der Waals surface area contributed by atoms with E-state index in [1.807, 2.05) is 0 Å². The SMILES string of the molecule is CCOc1cc(OC)ccc1S(=O)(=O)N1C(=O)C(NC(=O)N2CCN(C3CCN(CC)CC3)CC2)(c2cccnc2OCC)c2cc(C#N)ccc21. The molecule has 4 heterocycles. The number of rotatable bonds is 11. The van der Waals surface area contributed by atoms with Gasteiger partial charge in [-0.25, -0.2) is 18.2 Å². The van der Waals surface area contributed by atoms with E-state index in [2.05, 4.69) is 33.1 Å². The molecule has 2 saturated heterocycles. The average Bonchev–Trinajstić information content (AvgIpc) is 3.42. The first-order valence-electron chi connectivity index (χ1n) is 17.7. The van der Waals surface area contributed by atoms with E-state index < -0.39 is 27.5 Å². The van der Waals surface area contributed by atoms with Crippen molar-refractivity contribution in [3.63, 3.8) is 0 Å². The number of piperazine rings is 1. The van der Waals surface area contributed by atoms with Gasteiger partial charge in [0.05, 0.1) is 43.2 Å². The number of urea groups is 1. The number of anilines is 1. The van der Waals surface area contributed by atoms with E-state index in [1.165, 1.54) is 49.7 Å². The van der Waals surface area contributed by atoms with Gasteiger partial charge in [0.25, 0.3) is 15.9 Å². The van der Waals surface area contributed by atoms with Gasteiger partial charge >= 0.3 is 6.03 Å². The Morgan fingerprint density at radius 2 is 1.71 bits per heavy atom. The predicted octanol–water partition coefficient (Wildman–Crippen LogP) is 3.55. The number of carbonyl (C=O) groups is 2. The molecule has 0 aliphatic carbocycles. The van der Waals surface area contributed by atoms with E-state index in [-0.39, 0.29) is 52.1 Å². The van der Waals surface area contributed by atoms with Crippen molar-refractivity contribution in [2.75, 3.05) is 70.4 Å². The van der Waals surface area contributed by atoms with Crippen molar-refractivity contribution in [2.24, 2.45) is 0 Å². The van der Waals surface area contributed by atoms with E-state index in [1.54, 1.807) is 30.9 Å². The molecule has 3 aromatic rings. The van der Waals surface area contributed by atoms with Crippen LogP contribution in [0.1, 0.15) is 50.3 Å². The van der Waals surface area contributed by atoms with Gasteiger partial charge in [0.2, 0.25) is 5.88 Å². The summed E-state index contributed by atoms with van der Waals surface area (Å²) in [5, 5.41) is 13.0. The molecular weight excluding hydrogens is 687 g/mol. The number of ether oxygens (including phenoxy) is 3. The molecule has 276 valence electrons. The highest BCUT2D eigenvalue weighted by Gasteiger charge is 2.59. The molecule has 0 spiro atoms. The smallest absolute Gasteiger partial charge is 0.318 e. The molecule has 0 radical (unpaired) electrons. The number of sulfonamides is 1. The first kappa shape index (κ1) is 36.9. The van der Waals surface area contributed by atoms with Gasteiger partial charge in [0.1, 0.15) is 16.4 Å². The molecule has 1 aromatic heterocycles. The van der Waals surface area contributed by atoms with Crippen LogP contribution in [0.4, 0.5) is 10.5 Å². The zero-order valence-electron chi connectivity index (χ0n) is 30.0. The van der Waals surface area contributed by atoms with Gasteiger partial charge in [-0.1, -0.05) is 6.92 Å². The maximum Gasteiger partial charge on any atom is 0.318 e. The highest BCUT2D eigenvalue weighted by atomic mass is 32.2. The van der Waals surface area contributed by atoms with Crippen molar-refractivity contribution in [1.82, 2.24) is 25.0 Å². The minimum atomic E-state index is -4.71. The van der Waals surface area contributed by atoms with E-state index >= 15 is 4.79 Å². The van der Waals surface area contributed by atoms with Crippen molar-refractivity contribution in [3.05, 3.63) is 71.4 Å². The van der Waals surface area contributed by atoms with Gasteiger partial charge in [-0.2, -0.15) is 9.57 Å². The molecule has 15 heteroatoms. The van der Waals surface area contributed by atoms with E-state index in [0.29, 0.717) is 42.3 Å². The highest BCUT2D eigenvalue weighted by Crippen LogP contribution is 2.50. The maximum absolute atomic E-state index is 15.3. The van der Waals surface area contributed by atoms with Crippen LogP contribution in [0.25, 0.3) is 0 Å². The number of likely N-dealkylation sites (tertiary alicyclic amines) is 1. The first-order valence-corrected chi connectivity index (χ1v) is 19.1. The van der Waals surface area contributed by atoms with Gasteiger partial charge in [-0.3, -0.25) is 9.69 Å². The molecule has 0 saturated carbocycles. The third-order valence-corrected chi connectivity index (χ3v) is 11.8. The van der Waals surface area contributed by atoms with Gasteiger partial charge in [-0.05, 0) is 88.8 Å². The second-order valence-electron chi connectivity index (χ2n) is 12.8. The Hall–Kier alpha value is -4.91. The number of nitrogens with one attached hydrogen (secondary N) is 1. The van der Waals surface area contributed by atoms with Gasteiger partial charge in [0, 0.05) is 50.0 Å². The Kier molecular flexibility index (Phi) is 10.9. The molecule has 1 unspecified atom stereocenters. The zero-order chi connectivity index (χ0) is 37.0. The van der Waals surface area contributed by atoms with Gasteiger partial charge in [-0.15, -0.1) is 0 Å². The van der Waals surface area contributed by atoms with Crippen molar-refractivity contribution in [2.45, 2.75) is 50.1 Å². The number of nitrogens with zero attached hydrogens (tertiary/aromatic N) is 6. The molecular formula is C37H45N7O7S. The largest absolute Gasteiger partial charge is 0.497 e. The number of aromatic nitrogens is 1. The number of methoxy groups -OCH3 is 1. The number of benzene rings is 2. The van der Waals surface area contributed by atoms with Crippen molar-refractivity contribution in [1.29, 1.82) is 5.26 Å². The van der Waals surface area contributed by atoms with E-state index in [4.69, 9.17) is 14.2 Å². The lowest BCUT2D eigenvalue weighted by molar-refractivity contribution is -0.121. The summed E-state index contributed by atoms with van der Waals surface area (Å²) in [6.45, 7) is 11.2. The Morgan fingerprint density at radius 3 is 2.37 bits per heavy atom. The van der Waals surface area contributed by atoms with Crippen LogP contribution < -0.4 is 23.8 Å². The van der Waals surface area contributed by atoms with Crippen LogP contribution in [0.2, 0.25) is 0 Å². The number of hydrogen-bond donors (Lipinski definition) is 1. The van der Waals surface area contributed by atoms with Gasteiger partial charge < -0.3 is 29.3 Å². The molecule has 6 rings (SSSR count). The van der Waals surface area contributed by atoms with Crippen LogP contribution in [0.15, 0.2) is 59.6 Å². The van der Waals surface area contributed by atoms with Crippen LogP contribution >= 0.6 is 0 Å². The summed E-state index contributed by atoms with van der Waals surface area (Å²) in [6.07, 6.45) is 3.63. The topological polar surface area (TPSA) is 158 Å². The molecule has 2 aromatic carbocycles. The molecule has 2 fully saturated rings. The van der Waals surface area contributed by atoms with Crippen LogP contribution in [-0.2, 0) is 20.4 Å². The Balaban J connectivity index is 1.43. The van der Waals surface area contributed by atoms with Crippen molar-refractivity contribution >= 4 is 27.6 Å². The van der Waals surface area contributed by atoms with Crippen LogP contribution in [0, 0.1) is 11.3 Å². The summed E-state index contributed by atoms with van der Waals surface area (Å²) in [5.74, 6) is -0.603. The van der Waals surface area contributed by atoms with Crippen LogP contribution in [0.3, 0.4) is 0 Å². The fourth-order valence-corrected chi connectivity index (χ4v) is 8.98. The second-order valence-corrected chi connectivity index (χ2v) is 14.6. The Bertz CT molecular complexity index is 1950. The summed E-state index contributed by atoms with van der Waals surface area (Å²) in [6, 6.07) is 13.6. The minimum Gasteiger partial charge on any atom is -0.497 e. The quantitative estimate of drug-likeness (QED) is 0.308. The average molecular weight is 732 g/mol. The number of hydrogen-bond acceptors (Lipinski definition) is 11. The lowest BCUT2D eigenvalue weighted by atomic mass is 9.83. The van der Waals surface area contributed by atoms with Crippen molar-refractivity contribution in [3.8, 4) is 23.4 Å². The fourth-order valence-electron chi connectivity index (χ4n) is 7.40. The Labute approximate surface area is 304 Å². The number of pyridine rings is 1. The number of amides is 3. The van der Waals surface area contributed by atoms with Crippen molar-refractivity contribution < 1.29 is 32.2 Å². The molecule has 3 aliphatic rings. The minimum absolute atomic E-state index is 0.0130.